The van der Waals surface area contributed by atoms with E-state index in [-0.39, 0.29) is 5.82 Å². The van der Waals surface area contributed by atoms with Crippen molar-refractivity contribution in [2.45, 2.75) is 20.4 Å². The number of phenolic OH excluding ortho intramolecular Hbond substituents is 1. The third-order valence-corrected chi connectivity index (χ3v) is 3.72. The molecule has 0 aliphatic rings. The van der Waals surface area contributed by atoms with Gasteiger partial charge in [-0.25, -0.2) is 4.39 Å². The van der Waals surface area contributed by atoms with E-state index >= 15 is 0 Å². The number of hydrogen-bond acceptors (Lipinski definition) is 2. The second-order valence-electron chi connectivity index (χ2n) is 4.72. The maximum Gasteiger partial charge on any atom is 0.125 e. The minimum atomic E-state index is -0.254. The first-order chi connectivity index (χ1) is 9.51. The van der Waals surface area contributed by atoms with Crippen molar-refractivity contribution in [3.05, 3.63) is 57.8 Å². The van der Waals surface area contributed by atoms with E-state index in [9.17, 15) is 9.50 Å². The van der Waals surface area contributed by atoms with Gasteiger partial charge in [-0.1, -0.05) is 22.0 Å². The fraction of sp³-hybridized carbons (Fsp3) is 0.250. The summed E-state index contributed by atoms with van der Waals surface area (Å²) >= 11 is 3.44. The lowest BCUT2D eigenvalue weighted by molar-refractivity contribution is 0.463. The van der Waals surface area contributed by atoms with Crippen LogP contribution in [0.2, 0.25) is 0 Å². The topological polar surface area (TPSA) is 23.5 Å². The Bertz CT molecular complexity index is 615. The van der Waals surface area contributed by atoms with E-state index in [0.717, 1.165) is 27.8 Å². The Morgan fingerprint density at radius 3 is 2.65 bits per heavy atom. The summed E-state index contributed by atoms with van der Waals surface area (Å²) in [5.74, 6) is 0.0404. The standard InChI is InChI=1S/C16H17BrFNO/c1-3-19(15-6-4-5-14(18)9-15)10-12-8-13(17)7-11(2)16(12)20/h4-9,20H,3,10H2,1-2H3. The summed E-state index contributed by atoms with van der Waals surface area (Å²) in [4.78, 5) is 2.02. The predicted octanol–water partition coefficient (Wildman–Crippen LogP) is 4.63. The Kier molecular flexibility index (Phi) is 4.65. The molecule has 0 spiro atoms. The number of rotatable bonds is 4. The second kappa shape index (κ2) is 6.27. The van der Waals surface area contributed by atoms with Gasteiger partial charge in [0.15, 0.2) is 0 Å². The Morgan fingerprint density at radius 2 is 2.00 bits per heavy atom. The van der Waals surface area contributed by atoms with Crippen LogP contribution in [-0.2, 0) is 6.54 Å². The van der Waals surface area contributed by atoms with E-state index < -0.39 is 0 Å². The smallest absolute Gasteiger partial charge is 0.125 e. The van der Waals surface area contributed by atoms with Crippen molar-refractivity contribution in [2.24, 2.45) is 0 Å². The molecule has 106 valence electrons. The van der Waals surface area contributed by atoms with Gasteiger partial charge in [-0.05, 0) is 49.7 Å². The number of phenols is 1. The average Bonchev–Trinajstić information content (AvgIpc) is 2.41. The van der Waals surface area contributed by atoms with Gasteiger partial charge in [0, 0.05) is 28.8 Å². The zero-order valence-electron chi connectivity index (χ0n) is 11.5. The van der Waals surface area contributed by atoms with Crippen molar-refractivity contribution in [2.75, 3.05) is 11.4 Å². The molecule has 0 atom stereocenters. The van der Waals surface area contributed by atoms with Gasteiger partial charge < -0.3 is 10.0 Å². The van der Waals surface area contributed by atoms with Gasteiger partial charge in [-0.2, -0.15) is 0 Å². The highest BCUT2D eigenvalue weighted by molar-refractivity contribution is 9.10. The summed E-state index contributed by atoms with van der Waals surface area (Å²) in [6.45, 7) is 5.13. The van der Waals surface area contributed by atoms with Gasteiger partial charge in [0.1, 0.15) is 11.6 Å². The van der Waals surface area contributed by atoms with Crippen LogP contribution in [0.4, 0.5) is 10.1 Å². The van der Waals surface area contributed by atoms with Gasteiger partial charge in [0.2, 0.25) is 0 Å². The van der Waals surface area contributed by atoms with E-state index in [2.05, 4.69) is 15.9 Å². The maximum atomic E-state index is 13.3. The molecule has 0 bridgehead atoms. The van der Waals surface area contributed by atoms with Gasteiger partial charge in [-0.15, -0.1) is 0 Å². The molecule has 0 saturated carbocycles. The highest BCUT2D eigenvalue weighted by atomic mass is 79.9. The predicted molar refractivity (Wildman–Crippen MR) is 83.7 cm³/mol. The third-order valence-electron chi connectivity index (χ3n) is 3.26. The molecule has 1 N–H and O–H groups in total. The van der Waals surface area contributed by atoms with Crippen LogP contribution in [0, 0.1) is 12.7 Å². The fourth-order valence-electron chi connectivity index (χ4n) is 2.19. The molecule has 0 fully saturated rings. The summed E-state index contributed by atoms with van der Waals surface area (Å²) in [5, 5.41) is 10.1. The van der Waals surface area contributed by atoms with Crippen LogP contribution in [0.3, 0.4) is 0 Å². The van der Waals surface area contributed by atoms with Gasteiger partial charge in [-0.3, -0.25) is 0 Å². The minimum absolute atomic E-state index is 0.254. The average molecular weight is 338 g/mol. The van der Waals surface area contributed by atoms with Gasteiger partial charge in [0.05, 0.1) is 0 Å². The second-order valence-corrected chi connectivity index (χ2v) is 5.64. The highest BCUT2D eigenvalue weighted by Gasteiger charge is 2.11. The van der Waals surface area contributed by atoms with Crippen molar-refractivity contribution in [1.82, 2.24) is 0 Å². The molecule has 2 aromatic rings. The number of hydrogen-bond donors (Lipinski definition) is 1. The molecule has 0 saturated heterocycles. The van der Waals surface area contributed by atoms with Crippen molar-refractivity contribution in [3.8, 4) is 5.75 Å². The Morgan fingerprint density at radius 1 is 1.25 bits per heavy atom. The lowest BCUT2D eigenvalue weighted by Crippen LogP contribution is -2.22. The van der Waals surface area contributed by atoms with Crippen molar-refractivity contribution < 1.29 is 9.50 Å². The van der Waals surface area contributed by atoms with Crippen LogP contribution in [0.5, 0.6) is 5.75 Å². The van der Waals surface area contributed by atoms with Gasteiger partial charge >= 0.3 is 0 Å². The molecule has 20 heavy (non-hydrogen) atoms. The first-order valence-corrected chi connectivity index (χ1v) is 7.29. The Balaban J connectivity index is 2.31. The maximum absolute atomic E-state index is 13.3. The number of aryl methyl sites for hydroxylation is 1. The molecular weight excluding hydrogens is 321 g/mol. The van der Waals surface area contributed by atoms with E-state index in [1.807, 2.05) is 36.9 Å². The number of nitrogens with zero attached hydrogens (tertiary/aromatic N) is 1. The van der Waals surface area contributed by atoms with Crippen LogP contribution in [0.15, 0.2) is 40.9 Å². The lowest BCUT2D eigenvalue weighted by atomic mass is 10.1. The summed E-state index contributed by atoms with van der Waals surface area (Å²) in [6, 6.07) is 10.3. The SMILES string of the molecule is CCN(Cc1cc(Br)cc(C)c1O)c1cccc(F)c1. The minimum Gasteiger partial charge on any atom is -0.507 e. The molecule has 2 nitrogen and oxygen atoms in total. The molecule has 0 radical (unpaired) electrons. The molecule has 0 aliphatic carbocycles. The Hall–Kier alpha value is -1.55. The van der Waals surface area contributed by atoms with Crippen molar-refractivity contribution >= 4 is 21.6 Å². The first-order valence-electron chi connectivity index (χ1n) is 6.49. The first kappa shape index (κ1) is 14.9. The van der Waals surface area contributed by atoms with Crippen LogP contribution < -0.4 is 4.90 Å². The van der Waals surface area contributed by atoms with Gasteiger partial charge in [0.25, 0.3) is 0 Å². The summed E-state index contributed by atoms with van der Waals surface area (Å²) in [5.41, 5.74) is 2.46. The molecule has 0 amide bonds. The van der Waals surface area contributed by atoms with Crippen LogP contribution in [0.1, 0.15) is 18.1 Å². The zero-order valence-corrected chi connectivity index (χ0v) is 13.1. The largest absolute Gasteiger partial charge is 0.507 e. The molecule has 4 heteroatoms. The van der Waals surface area contributed by atoms with E-state index in [0.29, 0.717) is 12.3 Å². The van der Waals surface area contributed by atoms with Crippen molar-refractivity contribution in [1.29, 1.82) is 0 Å². The Labute approximate surface area is 127 Å². The van der Waals surface area contributed by atoms with E-state index in [1.54, 1.807) is 6.07 Å². The summed E-state index contributed by atoms with van der Waals surface area (Å²) in [6.07, 6.45) is 0. The molecule has 0 unspecified atom stereocenters. The normalized spacial score (nSPS) is 10.6. The number of anilines is 1. The number of halogens is 2. The fourth-order valence-corrected chi connectivity index (χ4v) is 2.81. The molecule has 0 aromatic heterocycles. The molecule has 2 aromatic carbocycles. The zero-order chi connectivity index (χ0) is 14.7. The number of aromatic hydroxyl groups is 1. The number of benzene rings is 2. The van der Waals surface area contributed by atoms with E-state index in [1.165, 1.54) is 12.1 Å². The van der Waals surface area contributed by atoms with Crippen molar-refractivity contribution in [3.63, 3.8) is 0 Å². The molecule has 2 rings (SSSR count). The molecular formula is C16H17BrFNO. The lowest BCUT2D eigenvalue weighted by Gasteiger charge is -2.24. The molecule has 0 aliphatic heterocycles. The van der Waals surface area contributed by atoms with Crippen LogP contribution >= 0.6 is 15.9 Å². The summed E-state index contributed by atoms with van der Waals surface area (Å²) in [7, 11) is 0. The van der Waals surface area contributed by atoms with Crippen LogP contribution in [-0.4, -0.2) is 11.7 Å². The van der Waals surface area contributed by atoms with E-state index in [4.69, 9.17) is 0 Å². The third kappa shape index (κ3) is 3.31. The molecule has 0 heterocycles. The quantitative estimate of drug-likeness (QED) is 0.879. The monoisotopic (exact) mass is 337 g/mol. The summed E-state index contributed by atoms with van der Waals surface area (Å²) < 4.78 is 14.3. The highest BCUT2D eigenvalue weighted by Crippen LogP contribution is 2.29. The van der Waals surface area contributed by atoms with Crippen LogP contribution in [0.25, 0.3) is 0 Å².